The maximum atomic E-state index is 13.2. The summed E-state index contributed by atoms with van der Waals surface area (Å²) in [6, 6.07) is 5.41. The van der Waals surface area contributed by atoms with Crippen LogP contribution in [0.1, 0.15) is 55.1 Å². The highest BCUT2D eigenvalue weighted by atomic mass is 35.5. The van der Waals surface area contributed by atoms with Gasteiger partial charge in [-0.1, -0.05) is 11.6 Å². The van der Waals surface area contributed by atoms with Gasteiger partial charge in [0.2, 0.25) is 5.78 Å². The number of nitrogens with zero attached hydrogens (tertiary/aromatic N) is 2. The molecular formula is C22H21ClFN3O5. The summed E-state index contributed by atoms with van der Waals surface area (Å²) in [4.78, 5) is 40.2. The summed E-state index contributed by atoms with van der Waals surface area (Å²) in [6.45, 7) is 6.13. The van der Waals surface area contributed by atoms with E-state index >= 15 is 0 Å². The zero-order valence-corrected chi connectivity index (χ0v) is 18.7. The van der Waals surface area contributed by atoms with E-state index in [-0.39, 0.29) is 34.3 Å². The molecule has 0 radical (unpaired) electrons. The van der Waals surface area contributed by atoms with Gasteiger partial charge in [0.25, 0.3) is 0 Å². The number of aromatic nitrogens is 3. The topological polar surface area (TPSA) is 103 Å². The first-order valence-corrected chi connectivity index (χ1v) is 10.1. The van der Waals surface area contributed by atoms with Crippen LogP contribution in [-0.4, -0.2) is 45.7 Å². The molecule has 1 aromatic carbocycles. The summed E-state index contributed by atoms with van der Waals surface area (Å²) in [5.74, 6) is -2.31. The molecule has 2 heterocycles. The summed E-state index contributed by atoms with van der Waals surface area (Å²) in [7, 11) is 0. The molecule has 3 aromatic rings. The fourth-order valence-corrected chi connectivity index (χ4v) is 3.68. The quantitative estimate of drug-likeness (QED) is 0.419. The average molecular weight is 462 g/mol. The molecule has 0 amide bonds. The number of nitrogens with one attached hydrogen (secondary N) is 1. The number of halogens is 2. The van der Waals surface area contributed by atoms with Crippen LogP contribution in [0.2, 0.25) is 5.15 Å². The van der Waals surface area contributed by atoms with Crippen molar-refractivity contribution in [3.8, 4) is 5.69 Å². The largest absolute Gasteiger partial charge is 0.461 e. The minimum Gasteiger partial charge on any atom is -0.461 e. The Morgan fingerprint density at radius 2 is 1.72 bits per heavy atom. The van der Waals surface area contributed by atoms with Gasteiger partial charge in [-0.05, 0) is 57.5 Å². The SMILES string of the molecule is CCOC(=O)c1[nH]c(C)c(C(=O)COC(=O)c2c(C)nn(-c3ccc(F)cc3)c2Cl)c1C. The van der Waals surface area contributed by atoms with Crippen LogP contribution in [0.15, 0.2) is 24.3 Å². The Balaban J connectivity index is 1.77. The normalized spacial score (nSPS) is 10.8. The number of aromatic amines is 1. The number of H-pyrrole nitrogens is 1. The van der Waals surface area contributed by atoms with E-state index in [9.17, 15) is 18.8 Å². The number of rotatable bonds is 7. The molecule has 32 heavy (non-hydrogen) atoms. The van der Waals surface area contributed by atoms with Crippen LogP contribution in [0, 0.1) is 26.6 Å². The summed E-state index contributed by atoms with van der Waals surface area (Å²) in [5, 5.41) is 4.18. The Kier molecular flexibility index (Phi) is 6.78. The van der Waals surface area contributed by atoms with Crippen LogP contribution in [0.5, 0.6) is 0 Å². The number of benzene rings is 1. The Bertz CT molecular complexity index is 1200. The van der Waals surface area contributed by atoms with Crippen molar-refractivity contribution < 1.29 is 28.2 Å². The van der Waals surface area contributed by atoms with Crippen molar-refractivity contribution in [3.63, 3.8) is 0 Å². The van der Waals surface area contributed by atoms with Crippen LogP contribution >= 0.6 is 11.6 Å². The lowest BCUT2D eigenvalue weighted by Gasteiger charge is -2.06. The molecule has 0 aliphatic carbocycles. The number of ether oxygens (including phenoxy) is 2. The summed E-state index contributed by atoms with van der Waals surface area (Å²) in [5.41, 5.74) is 2.06. The summed E-state index contributed by atoms with van der Waals surface area (Å²) in [6.07, 6.45) is 0. The highest BCUT2D eigenvalue weighted by molar-refractivity contribution is 6.33. The van der Waals surface area contributed by atoms with E-state index in [1.54, 1.807) is 27.7 Å². The number of Topliss-reactive ketones (excluding diaryl/α,β-unsaturated/α-hetero) is 1. The minimum absolute atomic E-state index is 0.00137. The van der Waals surface area contributed by atoms with Gasteiger partial charge < -0.3 is 14.5 Å². The second-order valence-electron chi connectivity index (χ2n) is 6.98. The Hall–Kier alpha value is -3.46. The molecule has 10 heteroatoms. The van der Waals surface area contributed by atoms with Crippen molar-refractivity contribution in [1.82, 2.24) is 14.8 Å². The molecule has 0 atom stereocenters. The van der Waals surface area contributed by atoms with Crippen molar-refractivity contribution in [2.24, 2.45) is 0 Å². The highest BCUT2D eigenvalue weighted by Crippen LogP contribution is 2.25. The van der Waals surface area contributed by atoms with Crippen LogP contribution in [0.3, 0.4) is 0 Å². The number of ketones is 1. The molecule has 168 valence electrons. The third kappa shape index (κ3) is 4.43. The van der Waals surface area contributed by atoms with E-state index in [1.807, 2.05) is 0 Å². The van der Waals surface area contributed by atoms with E-state index in [0.29, 0.717) is 16.9 Å². The highest BCUT2D eigenvalue weighted by Gasteiger charge is 2.26. The van der Waals surface area contributed by atoms with Crippen LogP contribution in [-0.2, 0) is 9.47 Å². The zero-order valence-electron chi connectivity index (χ0n) is 17.9. The van der Waals surface area contributed by atoms with Crippen molar-refractivity contribution >= 4 is 29.3 Å². The lowest BCUT2D eigenvalue weighted by molar-refractivity contribution is 0.0472. The van der Waals surface area contributed by atoms with Gasteiger partial charge in [0.1, 0.15) is 22.2 Å². The summed E-state index contributed by atoms with van der Waals surface area (Å²) < 4.78 is 24.6. The Labute approximate surface area is 188 Å². The Morgan fingerprint density at radius 1 is 1.06 bits per heavy atom. The van der Waals surface area contributed by atoms with Crippen molar-refractivity contribution in [2.45, 2.75) is 27.7 Å². The van der Waals surface area contributed by atoms with E-state index in [0.717, 1.165) is 0 Å². The fourth-order valence-electron chi connectivity index (χ4n) is 3.34. The van der Waals surface area contributed by atoms with Crippen molar-refractivity contribution in [3.05, 3.63) is 69.0 Å². The summed E-state index contributed by atoms with van der Waals surface area (Å²) >= 11 is 6.31. The van der Waals surface area contributed by atoms with Gasteiger partial charge in [0, 0.05) is 11.3 Å². The van der Waals surface area contributed by atoms with Gasteiger partial charge in [0.15, 0.2) is 6.61 Å². The van der Waals surface area contributed by atoms with Crippen LogP contribution < -0.4 is 0 Å². The van der Waals surface area contributed by atoms with Gasteiger partial charge in [-0.15, -0.1) is 0 Å². The maximum Gasteiger partial charge on any atom is 0.355 e. The molecule has 1 N–H and O–H groups in total. The molecule has 0 aliphatic heterocycles. The third-order valence-electron chi connectivity index (χ3n) is 4.81. The van der Waals surface area contributed by atoms with Gasteiger partial charge in [-0.2, -0.15) is 5.10 Å². The Morgan fingerprint density at radius 3 is 2.34 bits per heavy atom. The van der Waals surface area contributed by atoms with E-state index in [1.165, 1.54) is 28.9 Å². The average Bonchev–Trinajstić information content (AvgIpc) is 3.21. The van der Waals surface area contributed by atoms with Crippen molar-refractivity contribution in [2.75, 3.05) is 13.2 Å². The minimum atomic E-state index is -0.828. The van der Waals surface area contributed by atoms with Crippen LogP contribution in [0.4, 0.5) is 4.39 Å². The molecule has 0 aliphatic rings. The fraction of sp³-hybridized carbons (Fsp3) is 0.273. The second kappa shape index (κ2) is 9.35. The third-order valence-corrected chi connectivity index (χ3v) is 5.16. The van der Waals surface area contributed by atoms with Gasteiger partial charge in [-0.3, -0.25) is 4.79 Å². The number of hydrogen-bond donors (Lipinski definition) is 1. The molecule has 2 aromatic heterocycles. The first-order chi connectivity index (χ1) is 15.1. The number of esters is 2. The van der Waals surface area contributed by atoms with Crippen LogP contribution in [0.25, 0.3) is 5.69 Å². The monoisotopic (exact) mass is 461 g/mol. The molecule has 0 saturated heterocycles. The lowest BCUT2D eigenvalue weighted by atomic mass is 10.1. The van der Waals surface area contributed by atoms with E-state index in [2.05, 4.69) is 10.1 Å². The van der Waals surface area contributed by atoms with Gasteiger partial charge in [-0.25, -0.2) is 18.7 Å². The van der Waals surface area contributed by atoms with Gasteiger partial charge in [0.05, 0.1) is 18.0 Å². The van der Waals surface area contributed by atoms with E-state index in [4.69, 9.17) is 21.1 Å². The number of hydrogen-bond acceptors (Lipinski definition) is 6. The number of aryl methyl sites for hydroxylation is 2. The van der Waals surface area contributed by atoms with Crippen molar-refractivity contribution in [1.29, 1.82) is 0 Å². The second-order valence-corrected chi connectivity index (χ2v) is 7.34. The first kappa shape index (κ1) is 23.2. The predicted molar refractivity (Wildman–Crippen MR) is 114 cm³/mol. The van der Waals surface area contributed by atoms with E-state index < -0.39 is 30.1 Å². The molecule has 3 rings (SSSR count). The molecule has 0 bridgehead atoms. The molecule has 0 unspecified atom stereocenters. The smallest absolute Gasteiger partial charge is 0.355 e. The maximum absolute atomic E-state index is 13.2. The first-order valence-electron chi connectivity index (χ1n) is 9.73. The molecule has 8 nitrogen and oxygen atoms in total. The molecular weight excluding hydrogens is 441 g/mol. The molecule has 0 fully saturated rings. The molecule has 0 spiro atoms. The number of carbonyl (C=O) groups excluding carboxylic acids is 3. The standard InChI is InChI=1S/C22H21ClFN3O5/c1-5-31-22(30)19-11(2)17(12(3)25-19)16(28)10-32-21(29)18-13(4)26-27(20(18)23)15-8-6-14(24)7-9-15/h6-9,25H,5,10H2,1-4H3. The predicted octanol–water partition coefficient (Wildman–Crippen LogP) is 4.13. The number of carbonyl (C=O) groups is 3. The molecule has 0 saturated carbocycles. The lowest BCUT2D eigenvalue weighted by Crippen LogP contribution is -2.16. The van der Waals surface area contributed by atoms with Gasteiger partial charge >= 0.3 is 11.9 Å². The zero-order chi connectivity index (χ0) is 23.6.